The molecule has 4 rings (SSSR count). The molecule has 2 aromatic heterocycles. The molecular weight excluding hydrogens is 316 g/mol. The molecular formula is C19H24N4O2. The molecule has 0 bridgehead atoms. The van der Waals surface area contributed by atoms with Crippen LogP contribution in [-0.2, 0) is 4.74 Å². The molecule has 1 aliphatic carbocycles. The lowest BCUT2D eigenvalue weighted by molar-refractivity contribution is -0.0618. The number of ether oxygens (including phenoxy) is 1. The van der Waals surface area contributed by atoms with E-state index in [4.69, 9.17) is 4.74 Å². The summed E-state index contributed by atoms with van der Waals surface area (Å²) < 4.78 is 6.33. The van der Waals surface area contributed by atoms with Gasteiger partial charge in [0.15, 0.2) is 0 Å². The Kier molecular flexibility index (Phi) is 4.53. The van der Waals surface area contributed by atoms with Crippen molar-refractivity contribution in [3.05, 3.63) is 36.3 Å². The summed E-state index contributed by atoms with van der Waals surface area (Å²) in [7, 11) is 0. The molecule has 132 valence electrons. The van der Waals surface area contributed by atoms with E-state index >= 15 is 0 Å². The van der Waals surface area contributed by atoms with E-state index < -0.39 is 0 Å². The average Bonchev–Trinajstić information content (AvgIpc) is 3.29. The highest BCUT2D eigenvalue weighted by atomic mass is 16.5. The van der Waals surface area contributed by atoms with Crippen LogP contribution in [0.15, 0.2) is 30.7 Å². The van der Waals surface area contributed by atoms with Gasteiger partial charge in [-0.05, 0) is 37.8 Å². The minimum absolute atomic E-state index is 0.0888. The van der Waals surface area contributed by atoms with E-state index in [0.29, 0.717) is 12.1 Å². The summed E-state index contributed by atoms with van der Waals surface area (Å²) in [4.78, 5) is 16.6. The number of pyridine rings is 1. The van der Waals surface area contributed by atoms with Crippen LogP contribution >= 0.6 is 0 Å². The van der Waals surface area contributed by atoms with Crippen molar-refractivity contribution < 1.29 is 9.53 Å². The van der Waals surface area contributed by atoms with Crippen LogP contribution in [0, 0.1) is 0 Å². The van der Waals surface area contributed by atoms with Gasteiger partial charge in [-0.2, -0.15) is 5.10 Å². The number of hydrogen-bond acceptors (Lipinski definition) is 4. The van der Waals surface area contributed by atoms with Crippen LogP contribution < -0.4 is 5.32 Å². The number of amides is 1. The second-order valence-corrected chi connectivity index (χ2v) is 7.13. The van der Waals surface area contributed by atoms with Gasteiger partial charge in [0, 0.05) is 24.5 Å². The number of hydrogen-bond donors (Lipinski definition) is 2. The number of H-pyrrole nitrogens is 1. The van der Waals surface area contributed by atoms with Gasteiger partial charge in [0.05, 0.1) is 29.2 Å². The summed E-state index contributed by atoms with van der Waals surface area (Å²) in [5.41, 5.74) is 2.26. The summed E-state index contributed by atoms with van der Waals surface area (Å²) in [5, 5.41) is 9.96. The van der Waals surface area contributed by atoms with Gasteiger partial charge in [-0.25, -0.2) is 0 Å². The fraction of sp³-hybridized carbons (Fsp3) is 0.526. The standard InChI is InChI=1S/C19H24N4O2/c24-18(16-13-22-23-17(16)14-5-10-20-11-6-14)21-12-15-4-9-19(25-15)7-2-1-3-8-19/h5-6,10-11,13,15H,1-4,7-9,12H2,(H,21,24)(H,22,23). The number of carbonyl (C=O) groups is 1. The highest BCUT2D eigenvalue weighted by Crippen LogP contribution is 2.41. The van der Waals surface area contributed by atoms with Crippen LogP contribution in [0.4, 0.5) is 0 Å². The Labute approximate surface area is 147 Å². The summed E-state index contributed by atoms with van der Waals surface area (Å²) in [6.07, 6.45) is 13.5. The Morgan fingerprint density at radius 3 is 2.84 bits per heavy atom. The number of nitrogens with one attached hydrogen (secondary N) is 2. The van der Waals surface area contributed by atoms with E-state index in [9.17, 15) is 4.79 Å². The molecule has 6 nitrogen and oxygen atoms in total. The maximum atomic E-state index is 12.6. The van der Waals surface area contributed by atoms with Crippen molar-refractivity contribution in [1.29, 1.82) is 0 Å². The third-order valence-corrected chi connectivity index (χ3v) is 5.45. The molecule has 0 aromatic carbocycles. The Morgan fingerprint density at radius 2 is 2.04 bits per heavy atom. The van der Waals surface area contributed by atoms with Gasteiger partial charge < -0.3 is 10.1 Å². The molecule has 2 aliphatic rings. The van der Waals surface area contributed by atoms with E-state index in [-0.39, 0.29) is 17.6 Å². The molecule has 3 heterocycles. The maximum absolute atomic E-state index is 12.6. The third-order valence-electron chi connectivity index (χ3n) is 5.45. The van der Waals surface area contributed by atoms with Gasteiger partial charge in [0.25, 0.3) is 5.91 Å². The van der Waals surface area contributed by atoms with Crippen molar-refractivity contribution in [3.8, 4) is 11.3 Å². The first-order valence-electron chi connectivity index (χ1n) is 9.16. The lowest BCUT2D eigenvalue weighted by atomic mass is 9.83. The summed E-state index contributed by atoms with van der Waals surface area (Å²) in [5.74, 6) is -0.117. The highest BCUT2D eigenvalue weighted by Gasteiger charge is 2.40. The fourth-order valence-electron chi connectivity index (χ4n) is 4.10. The summed E-state index contributed by atoms with van der Waals surface area (Å²) >= 11 is 0. The molecule has 2 fully saturated rings. The monoisotopic (exact) mass is 340 g/mol. The zero-order valence-electron chi connectivity index (χ0n) is 14.3. The van der Waals surface area contributed by atoms with Crippen molar-refractivity contribution in [3.63, 3.8) is 0 Å². The molecule has 25 heavy (non-hydrogen) atoms. The number of aromatic nitrogens is 3. The third kappa shape index (κ3) is 3.44. The van der Waals surface area contributed by atoms with E-state index in [0.717, 1.165) is 24.1 Å². The van der Waals surface area contributed by atoms with Gasteiger partial charge in [-0.15, -0.1) is 0 Å². The number of rotatable bonds is 4. The predicted molar refractivity (Wildman–Crippen MR) is 94.1 cm³/mol. The molecule has 0 radical (unpaired) electrons. The molecule has 1 aliphatic heterocycles. The largest absolute Gasteiger partial charge is 0.370 e. The zero-order chi connectivity index (χ0) is 17.1. The molecule has 1 saturated carbocycles. The molecule has 2 N–H and O–H groups in total. The maximum Gasteiger partial charge on any atom is 0.255 e. The second kappa shape index (κ2) is 6.96. The SMILES string of the molecule is O=C(NCC1CCC2(CCCCC2)O1)c1cn[nH]c1-c1ccncc1. The Bertz CT molecular complexity index is 722. The van der Waals surface area contributed by atoms with Crippen molar-refractivity contribution >= 4 is 5.91 Å². The smallest absolute Gasteiger partial charge is 0.255 e. The van der Waals surface area contributed by atoms with Gasteiger partial charge in [-0.3, -0.25) is 14.9 Å². The molecule has 1 amide bonds. The number of nitrogens with zero attached hydrogens (tertiary/aromatic N) is 2. The lowest BCUT2D eigenvalue weighted by Gasteiger charge is -2.33. The second-order valence-electron chi connectivity index (χ2n) is 7.13. The van der Waals surface area contributed by atoms with Crippen LogP contribution in [0.5, 0.6) is 0 Å². The van der Waals surface area contributed by atoms with Gasteiger partial charge >= 0.3 is 0 Å². The van der Waals surface area contributed by atoms with E-state index in [2.05, 4.69) is 20.5 Å². The number of aromatic amines is 1. The Morgan fingerprint density at radius 1 is 1.24 bits per heavy atom. The van der Waals surface area contributed by atoms with E-state index in [1.54, 1.807) is 18.6 Å². The first-order valence-corrected chi connectivity index (χ1v) is 9.16. The van der Waals surface area contributed by atoms with Gasteiger partial charge in [0.2, 0.25) is 0 Å². The lowest BCUT2D eigenvalue weighted by Crippen LogP contribution is -2.36. The normalized spacial score (nSPS) is 22.2. The van der Waals surface area contributed by atoms with Crippen LogP contribution in [0.25, 0.3) is 11.3 Å². The zero-order valence-corrected chi connectivity index (χ0v) is 14.3. The fourth-order valence-corrected chi connectivity index (χ4v) is 4.10. The van der Waals surface area contributed by atoms with Gasteiger partial charge in [-0.1, -0.05) is 19.3 Å². The Balaban J connectivity index is 1.37. The molecule has 1 saturated heterocycles. The molecule has 6 heteroatoms. The number of carbonyl (C=O) groups excluding carboxylic acids is 1. The van der Waals surface area contributed by atoms with E-state index in [1.165, 1.54) is 32.1 Å². The van der Waals surface area contributed by atoms with Crippen LogP contribution in [0.1, 0.15) is 55.3 Å². The predicted octanol–water partition coefficient (Wildman–Crippen LogP) is 3.08. The average molecular weight is 340 g/mol. The van der Waals surface area contributed by atoms with Crippen molar-refractivity contribution in [2.24, 2.45) is 0 Å². The minimum atomic E-state index is -0.117. The van der Waals surface area contributed by atoms with Crippen LogP contribution in [-0.4, -0.2) is 39.3 Å². The summed E-state index contributed by atoms with van der Waals surface area (Å²) in [6.45, 7) is 0.557. The molecule has 2 aromatic rings. The van der Waals surface area contributed by atoms with Crippen LogP contribution in [0.3, 0.4) is 0 Å². The molecule has 1 unspecified atom stereocenters. The first-order chi connectivity index (χ1) is 12.3. The van der Waals surface area contributed by atoms with Gasteiger partial charge in [0.1, 0.15) is 0 Å². The van der Waals surface area contributed by atoms with Crippen molar-refractivity contribution in [1.82, 2.24) is 20.5 Å². The minimum Gasteiger partial charge on any atom is -0.370 e. The quantitative estimate of drug-likeness (QED) is 0.896. The highest BCUT2D eigenvalue weighted by molar-refractivity contribution is 5.99. The Hall–Kier alpha value is -2.21. The molecule has 1 atom stereocenters. The molecule has 1 spiro atoms. The van der Waals surface area contributed by atoms with Crippen LogP contribution in [0.2, 0.25) is 0 Å². The van der Waals surface area contributed by atoms with Crippen molar-refractivity contribution in [2.75, 3.05) is 6.54 Å². The van der Waals surface area contributed by atoms with E-state index in [1.807, 2.05) is 12.1 Å². The topological polar surface area (TPSA) is 79.9 Å². The summed E-state index contributed by atoms with van der Waals surface area (Å²) in [6, 6.07) is 3.72. The first kappa shape index (κ1) is 16.3. The van der Waals surface area contributed by atoms with Crippen molar-refractivity contribution in [2.45, 2.75) is 56.7 Å².